The second-order valence-corrected chi connectivity index (χ2v) is 7.05. The molecule has 0 saturated carbocycles. The first kappa shape index (κ1) is 35.5. The zero-order valence-corrected chi connectivity index (χ0v) is 22.0. The summed E-state index contributed by atoms with van der Waals surface area (Å²) in [5.41, 5.74) is -1.22. The van der Waals surface area contributed by atoms with Crippen molar-refractivity contribution in [1.29, 1.82) is 0 Å². The summed E-state index contributed by atoms with van der Waals surface area (Å²) in [7, 11) is 3.91. The minimum atomic E-state index is -4.76. The summed E-state index contributed by atoms with van der Waals surface area (Å²) in [5.74, 6) is 4.97. The molecule has 0 spiro atoms. The predicted octanol–water partition coefficient (Wildman–Crippen LogP) is 6.24. The van der Waals surface area contributed by atoms with E-state index in [0.29, 0.717) is 11.5 Å². The Balaban J connectivity index is 0.000000669. The predicted molar refractivity (Wildman–Crippen MR) is 137 cm³/mol. The summed E-state index contributed by atoms with van der Waals surface area (Å²) in [6, 6.07) is 11.4. The van der Waals surface area contributed by atoms with E-state index in [9.17, 15) is 35.9 Å². The van der Waals surface area contributed by atoms with Crippen LogP contribution in [0, 0.1) is 24.2 Å². The standard InChI is InChI=1S/C13H10F3NO3.C9H7ClF3NO.C4H4O/c1-19-10-5-3-9(4-6-10)17-11(13(14,15)16)7-8-12(18)20-2;1-15-7-4-2-6(3-5-7)14-8(10)9(11,12)13;1-3-4(2)5/h3-6H,1-2H3;2-5H,1H3;1H,2H3. The van der Waals surface area contributed by atoms with Crippen LogP contribution in [0.3, 0.4) is 0 Å². The second-order valence-electron chi connectivity index (χ2n) is 6.70. The van der Waals surface area contributed by atoms with Crippen molar-refractivity contribution in [3.8, 4) is 35.7 Å². The fourth-order valence-electron chi connectivity index (χ4n) is 1.94. The Morgan fingerprint density at radius 1 is 0.775 bits per heavy atom. The van der Waals surface area contributed by atoms with Gasteiger partial charge in [0.15, 0.2) is 5.71 Å². The van der Waals surface area contributed by atoms with E-state index in [2.05, 4.69) is 21.1 Å². The Morgan fingerprint density at radius 3 is 1.48 bits per heavy atom. The quantitative estimate of drug-likeness (QED) is 0.105. The normalized spacial score (nSPS) is 11.2. The van der Waals surface area contributed by atoms with Gasteiger partial charge in [0, 0.05) is 12.8 Å². The number of esters is 1. The van der Waals surface area contributed by atoms with Gasteiger partial charge in [0.25, 0.3) is 0 Å². The molecule has 0 unspecified atom stereocenters. The molecule has 0 saturated heterocycles. The van der Waals surface area contributed by atoms with E-state index in [-0.39, 0.29) is 17.2 Å². The molecule has 2 rings (SSSR count). The maximum atomic E-state index is 12.7. The first-order chi connectivity index (χ1) is 18.6. The van der Waals surface area contributed by atoms with Gasteiger partial charge in [-0.3, -0.25) is 4.79 Å². The van der Waals surface area contributed by atoms with E-state index in [1.165, 1.54) is 69.7 Å². The Hall–Kier alpha value is -4.49. The van der Waals surface area contributed by atoms with Crippen LogP contribution in [0.4, 0.5) is 37.7 Å². The van der Waals surface area contributed by atoms with E-state index in [1.54, 1.807) is 11.8 Å². The SMILES string of the molecule is C#CC(C)=O.COC(=O)C#CC(=Nc1ccc(OC)cc1)C(F)(F)F.COc1ccc(N=C(Cl)C(F)(F)F)cc1. The molecular formula is C26H21ClF6N2O5. The van der Waals surface area contributed by atoms with Crippen molar-refractivity contribution in [2.45, 2.75) is 19.3 Å². The van der Waals surface area contributed by atoms with Crippen LogP contribution in [0.5, 0.6) is 11.5 Å². The van der Waals surface area contributed by atoms with Crippen molar-refractivity contribution in [3.05, 3.63) is 48.5 Å². The molecular weight excluding hydrogens is 570 g/mol. The molecule has 0 aromatic heterocycles. The molecule has 214 valence electrons. The molecule has 0 radical (unpaired) electrons. The molecule has 14 heteroatoms. The number of carbonyl (C=O) groups is 2. The molecule has 2 aromatic rings. The molecule has 0 amide bonds. The topological polar surface area (TPSA) is 86.6 Å². The number of methoxy groups -OCH3 is 3. The minimum Gasteiger partial charge on any atom is -0.497 e. The number of carbonyl (C=O) groups excluding carboxylic acids is 2. The Kier molecular flexibility index (Phi) is 15.2. The molecule has 0 aliphatic heterocycles. The minimum absolute atomic E-state index is 0.0392. The lowest BCUT2D eigenvalue weighted by Gasteiger charge is -2.05. The van der Waals surface area contributed by atoms with Crippen molar-refractivity contribution in [3.63, 3.8) is 0 Å². The number of Topliss-reactive ketones (excluding diaryl/α,β-unsaturated/α-hetero) is 1. The summed E-state index contributed by atoms with van der Waals surface area (Å²) in [4.78, 5) is 26.9. The van der Waals surface area contributed by atoms with Crippen LogP contribution < -0.4 is 9.47 Å². The van der Waals surface area contributed by atoms with Gasteiger partial charge in [-0.05, 0) is 60.4 Å². The Bertz CT molecular complexity index is 1290. The van der Waals surface area contributed by atoms with Crippen molar-refractivity contribution in [2.24, 2.45) is 9.98 Å². The van der Waals surface area contributed by atoms with Gasteiger partial charge in [-0.15, -0.1) is 6.42 Å². The first-order valence-corrected chi connectivity index (χ1v) is 10.8. The molecule has 0 N–H and O–H groups in total. The first-order valence-electron chi connectivity index (χ1n) is 10.4. The zero-order valence-electron chi connectivity index (χ0n) is 21.3. The van der Waals surface area contributed by atoms with Crippen molar-refractivity contribution < 1.29 is 50.1 Å². The van der Waals surface area contributed by atoms with Crippen LogP contribution in [0.25, 0.3) is 0 Å². The fraction of sp³-hybridized carbons (Fsp3) is 0.231. The van der Waals surface area contributed by atoms with Crippen molar-refractivity contribution in [2.75, 3.05) is 21.3 Å². The summed E-state index contributed by atoms with van der Waals surface area (Å²) in [5, 5.41) is -1.40. The third-order valence-electron chi connectivity index (χ3n) is 3.79. The van der Waals surface area contributed by atoms with Crippen LogP contribution in [-0.2, 0) is 14.3 Å². The lowest BCUT2D eigenvalue weighted by molar-refractivity contribution is -0.133. The van der Waals surface area contributed by atoms with Crippen LogP contribution in [0.2, 0.25) is 0 Å². The number of ether oxygens (including phenoxy) is 3. The average Bonchev–Trinajstić information content (AvgIpc) is 2.91. The largest absolute Gasteiger partial charge is 0.497 e. The van der Waals surface area contributed by atoms with Gasteiger partial charge in [0.2, 0.25) is 11.0 Å². The molecule has 40 heavy (non-hydrogen) atoms. The van der Waals surface area contributed by atoms with E-state index in [4.69, 9.17) is 21.1 Å². The van der Waals surface area contributed by atoms with Gasteiger partial charge in [-0.1, -0.05) is 11.6 Å². The van der Waals surface area contributed by atoms with Gasteiger partial charge < -0.3 is 14.2 Å². The molecule has 0 atom stereocenters. The Labute approximate surface area is 230 Å². The van der Waals surface area contributed by atoms with Gasteiger partial charge in [0.05, 0.1) is 32.7 Å². The number of alkyl halides is 6. The number of halogens is 7. The zero-order chi connectivity index (χ0) is 30.9. The fourth-order valence-corrected chi connectivity index (χ4v) is 2.04. The average molecular weight is 591 g/mol. The molecule has 0 heterocycles. The van der Waals surface area contributed by atoms with Gasteiger partial charge in [0.1, 0.15) is 11.5 Å². The second kappa shape index (κ2) is 17.2. The number of ketones is 1. The number of benzene rings is 2. The number of rotatable bonds is 4. The molecule has 2 aromatic carbocycles. The molecule has 0 bridgehead atoms. The van der Waals surface area contributed by atoms with Crippen LogP contribution in [0.1, 0.15) is 6.92 Å². The van der Waals surface area contributed by atoms with Crippen molar-refractivity contribution >= 4 is 45.6 Å². The highest BCUT2D eigenvalue weighted by Crippen LogP contribution is 2.25. The van der Waals surface area contributed by atoms with Crippen LogP contribution in [0.15, 0.2) is 58.5 Å². The number of terminal acetylenes is 1. The summed E-state index contributed by atoms with van der Waals surface area (Å²) in [6.07, 6.45) is -4.80. The third kappa shape index (κ3) is 15.1. The monoisotopic (exact) mass is 590 g/mol. The number of hydrogen-bond donors (Lipinski definition) is 0. The van der Waals surface area contributed by atoms with Crippen LogP contribution in [-0.4, -0.2) is 56.3 Å². The number of nitrogens with zero attached hydrogens (tertiary/aromatic N) is 2. The van der Waals surface area contributed by atoms with E-state index >= 15 is 0 Å². The maximum absolute atomic E-state index is 12.7. The number of aliphatic imine (C=N–C) groups is 2. The summed E-state index contributed by atoms with van der Waals surface area (Å²) < 4.78 is 87.9. The van der Waals surface area contributed by atoms with E-state index < -0.39 is 29.2 Å². The van der Waals surface area contributed by atoms with Gasteiger partial charge in [-0.25, -0.2) is 14.8 Å². The number of hydrogen-bond acceptors (Lipinski definition) is 7. The van der Waals surface area contributed by atoms with E-state index in [1.807, 2.05) is 5.92 Å². The van der Waals surface area contributed by atoms with E-state index in [0.717, 1.165) is 7.11 Å². The highest BCUT2D eigenvalue weighted by molar-refractivity contribution is 6.67. The highest BCUT2D eigenvalue weighted by atomic mass is 35.5. The van der Waals surface area contributed by atoms with Gasteiger partial charge in [-0.2, -0.15) is 26.3 Å². The molecule has 0 fully saturated rings. The molecule has 7 nitrogen and oxygen atoms in total. The lowest BCUT2D eigenvalue weighted by atomic mass is 10.3. The lowest BCUT2D eigenvalue weighted by Crippen LogP contribution is -2.21. The van der Waals surface area contributed by atoms with Crippen molar-refractivity contribution in [1.82, 2.24) is 0 Å². The Morgan fingerprint density at radius 2 is 1.18 bits per heavy atom. The smallest absolute Gasteiger partial charge is 0.444 e. The highest BCUT2D eigenvalue weighted by Gasteiger charge is 2.35. The summed E-state index contributed by atoms with van der Waals surface area (Å²) >= 11 is 4.96. The summed E-state index contributed by atoms with van der Waals surface area (Å²) in [6.45, 7) is 1.35. The molecule has 0 aliphatic carbocycles. The van der Waals surface area contributed by atoms with Gasteiger partial charge >= 0.3 is 18.3 Å². The van der Waals surface area contributed by atoms with Crippen LogP contribution >= 0.6 is 11.6 Å². The molecule has 0 aliphatic rings. The third-order valence-corrected chi connectivity index (χ3v) is 4.09. The maximum Gasteiger partial charge on any atom is 0.444 e.